The molecule has 0 bridgehead atoms. The second kappa shape index (κ2) is 6.30. The molecule has 2 rings (SSSR count). The highest BCUT2D eigenvalue weighted by Crippen LogP contribution is 2.10. The maximum atomic E-state index is 5.46. The maximum absolute atomic E-state index is 5.46. The van der Waals surface area contributed by atoms with Crippen molar-refractivity contribution in [1.29, 1.82) is 0 Å². The molecule has 0 aliphatic heterocycles. The molecular formula is C12H20N6. The van der Waals surface area contributed by atoms with Crippen LogP contribution in [-0.2, 0) is 0 Å². The number of nitrogens with zero attached hydrogens (tertiary/aromatic N) is 4. The first-order valence-corrected chi connectivity index (χ1v) is 6.42. The Morgan fingerprint density at radius 1 is 1.28 bits per heavy atom. The maximum Gasteiger partial charge on any atom is 0.254 e. The smallest absolute Gasteiger partial charge is 0.254 e. The number of unbranched alkanes of at least 4 members (excludes halogenated alkanes) is 3. The van der Waals surface area contributed by atoms with Crippen LogP contribution in [0.4, 0.5) is 5.82 Å². The summed E-state index contributed by atoms with van der Waals surface area (Å²) in [7, 11) is 0. The SMILES string of the molecule is Cc1cc(NCCCCCCN)n2ncnc2n1. The minimum absolute atomic E-state index is 0.639. The molecular weight excluding hydrogens is 228 g/mol. The van der Waals surface area contributed by atoms with Gasteiger partial charge in [-0.1, -0.05) is 12.8 Å². The average molecular weight is 248 g/mol. The Kier molecular flexibility index (Phi) is 4.46. The van der Waals surface area contributed by atoms with Gasteiger partial charge >= 0.3 is 0 Å². The standard InChI is InChI=1S/C12H20N6/c1-10-8-11(14-7-5-3-2-4-6-13)18-12(17-10)15-9-16-18/h8-9,14H,2-7,13H2,1H3. The van der Waals surface area contributed by atoms with Crippen molar-refractivity contribution in [1.82, 2.24) is 19.6 Å². The molecule has 2 aromatic rings. The van der Waals surface area contributed by atoms with Gasteiger partial charge in [0, 0.05) is 18.3 Å². The number of nitrogens with two attached hydrogens (primary N) is 1. The Bertz CT molecular complexity index is 492. The van der Waals surface area contributed by atoms with E-state index in [9.17, 15) is 0 Å². The van der Waals surface area contributed by atoms with Crippen LogP contribution in [0.2, 0.25) is 0 Å². The second-order valence-corrected chi connectivity index (χ2v) is 4.38. The summed E-state index contributed by atoms with van der Waals surface area (Å²) in [6.45, 7) is 3.68. The first kappa shape index (κ1) is 12.8. The molecule has 0 amide bonds. The third-order valence-electron chi connectivity index (χ3n) is 2.82. The van der Waals surface area contributed by atoms with Crippen LogP contribution in [0.25, 0.3) is 5.78 Å². The molecule has 0 fully saturated rings. The van der Waals surface area contributed by atoms with E-state index in [1.807, 2.05) is 13.0 Å². The van der Waals surface area contributed by atoms with E-state index in [0.717, 1.165) is 37.4 Å². The minimum Gasteiger partial charge on any atom is -0.370 e. The lowest BCUT2D eigenvalue weighted by Gasteiger charge is -2.08. The van der Waals surface area contributed by atoms with Gasteiger partial charge in [-0.2, -0.15) is 14.6 Å². The lowest BCUT2D eigenvalue weighted by atomic mass is 10.2. The third-order valence-corrected chi connectivity index (χ3v) is 2.82. The molecule has 0 radical (unpaired) electrons. The average Bonchev–Trinajstić information content (AvgIpc) is 2.81. The van der Waals surface area contributed by atoms with Crippen molar-refractivity contribution < 1.29 is 0 Å². The monoisotopic (exact) mass is 248 g/mol. The number of aromatic nitrogens is 4. The number of hydrogen-bond donors (Lipinski definition) is 2. The zero-order valence-electron chi connectivity index (χ0n) is 10.8. The fraction of sp³-hybridized carbons (Fsp3) is 0.583. The van der Waals surface area contributed by atoms with Crippen LogP contribution < -0.4 is 11.1 Å². The molecule has 0 aliphatic rings. The van der Waals surface area contributed by atoms with Gasteiger partial charge in [0.1, 0.15) is 12.1 Å². The molecule has 2 aromatic heterocycles. The normalized spacial score (nSPS) is 11.0. The molecule has 98 valence electrons. The Balaban J connectivity index is 1.89. The van der Waals surface area contributed by atoms with Gasteiger partial charge < -0.3 is 11.1 Å². The Morgan fingerprint density at radius 2 is 2.11 bits per heavy atom. The number of fused-ring (bicyclic) bond motifs is 1. The predicted molar refractivity (Wildman–Crippen MR) is 71.5 cm³/mol. The summed E-state index contributed by atoms with van der Waals surface area (Å²) in [6, 6.07) is 1.99. The summed E-state index contributed by atoms with van der Waals surface area (Å²) in [6.07, 6.45) is 6.18. The van der Waals surface area contributed by atoms with Crippen molar-refractivity contribution in [2.45, 2.75) is 32.6 Å². The van der Waals surface area contributed by atoms with Gasteiger partial charge in [0.25, 0.3) is 5.78 Å². The number of hydrogen-bond acceptors (Lipinski definition) is 5. The molecule has 0 saturated carbocycles. The summed E-state index contributed by atoms with van der Waals surface area (Å²) < 4.78 is 1.73. The lowest BCUT2D eigenvalue weighted by Crippen LogP contribution is -2.08. The number of anilines is 1. The summed E-state index contributed by atoms with van der Waals surface area (Å²) in [5.41, 5.74) is 6.41. The van der Waals surface area contributed by atoms with E-state index in [2.05, 4.69) is 20.4 Å². The van der Waals surface area contributed by atoms with Crippen LogP contribution in [0.1, 0.15) is 31.4 Å². The molecule has 0 saturated heterocycles. The van der Waals surface area contributed by atoms with Crippen LogP contribution >= 0.6 is 0 Å². The number of rotatable bonds is 7. The fourth-order valence-electron chi connectivity index (χ4n) is 1.90. The van der Waals surface area contributed by atoms with Crippen LogP contribution in [0.5, 0.6) is 0 Å². The first-order valence-electron chi connectivity index (χ1n) is 6.42. The summed E-state index contributed by atoms with van der Waals surface area (Å²) in [5, 5.41) is 7.53. The molecule has 0 unspecified atom stereocenters. The van der Waals surface area contributed by atoms with E-state index < -0.39 is 0 Å². The zero-order chi connectivity index (χ0) is 12.8. The van der Waals surface area contributed by atoms with E-state index in [4.69, 9.17) is 5.73 Å². The summed E-state index contributed by atoms with van der Waals surface area (Å²) in [4.78, 5) is 8.40. The molecule has 6 heteroatoms. The molecule has 3 N–H and O–H groups in total. The largest absolute Gasteiger partial charge is 0.370 e. The van der Waals surface area contributed by atoms with Crippen molar-refractivity contribution in [3.05, 3.63) is 18.1 Å². The van der Waals surface area contributed by atoms with Gasteiger partial charge in [-0.15, -0.1) is 0 Å². The minimum atomic E-state index is 0.639. The highest BCUT2D eigenvalue weighted by Gasteiger charge is 2.04. The van der Waals surface area contributed by atoms with E-state index in [1.54, 1.807) is 4.52 Å². The highest BCUT2D eigenvalue weighted by atomic mass is 15.3. The van der Waals surface area contributed by atoms with Crippen molar-refractivity contribution >= 4 is 11.6 Å². The van der Waals surface area contributed by atoms with Gasteiger partial charge in [-0.3, -0.25) is 0 Å². The molecule has 18 heavy (non-hydrogen) atoms. The number of aryl methyl sites for hydroxylation is 1. The predicted octanol–water partition coefficient (Wildman–Crippen LogP) is 1.36. The van der Waals surface area contributed by atoms with Gasteiger partial charge in [-0.05, 0) is 26.3 Å². The van der Waals surface area contributed by atoms with Gasteiger partial charge in [0.15, 0.2) is 0 Å². The zero-order valence-corrected chi connectivity index (χ0v) is 10.8. The van der Waals surface area contributed by atoms with Crippen molar-refractivity contribution in [3.8, 4) is 0 Å². The summed E-state index contributed by atoms with van der Waals surface area (Å²) in [5.74, 6) is 1.59. The van der Waals surface area contributed by atoms with Crippen LogP contribution in [0.3, 0.4) is 0 Å². The molecule has 0 aromatic carbocycles. The first-order chi connectivity index (χ1) is 8.81. The van der Waals surface area contributed by atoms with Crippen LogP contribution in [0, 0.1) is 6.92 Å². The number of nitrogens with one attached hydrogen (secondary N) is 1. The lowest BCUT2D eigenvalue weighted by molar-refractivity contribution is 0.660. The molecule has 0 aliphatic carbocycles. The Labute approximate surface area is 107 Å². The van der Waals surface area contributed by atoms with E-state index in [1.165, 1.54) is 19.2 Å². The van der Waals surface area contributed by atoms with Crippen molar-refractivity contribution in [3.63, 3.8) is 0 Å². The van der Waals surface area contributed by atoms with E-state index in [0.29, 0.717) is 5.78 Å². The molecule has 0 spiro atoms. The van der Waals surface area contributed by atoms with Crippen LogP contribution in [-0.4, -0.2) is 32.7 Å². The van der Waals surface area contributed by atoms with Crippen molar-refractivity contribution in [2.24, 2.45) is 5.73 Å². The van der Waals surface area contributed by atoms with E-state index >= 15 is 0 Å². The van der Waals surface area contributed by atoms with Crippen LogP contribution in [0.15, 0.2) is 12.4 Å². The fourth-order valence-corrected chi connectivity index (χ4v) is 1.90. The molecule has 2 heterocycles. The van der Waals surface area contributed by atoms with E-state index in [-0.39, 0.29) is 0 Å². The van der Waals surface area contributed by atoms with Gasteiger partial charge in [-0.25, -0.2) is 4.98 Å². The topological polar surface area (TPSA) is 81.1 Å². The quantitative estimate of drug-likeness (QED) is 0.723. The Morgan fingerprint density at radius 3 is 2.94 bits per heavy atom. The van der Waals surface area contributed by atoms with Crippen molar-refractivity contribution in [2.75, 3.05) is 18.4 Å². The second-order valence-electron chi connectivity index (χ2n) is 4.38. The molecule has 0 atom stereocenters. The third kappa shape index (κ3) is 3.16. The summed E-state index contributed by atoms with van der Waals surface area (Å²) >= 11 is 0. The molecule has 6 nitrogen and oxygen atoms in total. The Hall–Kier alpha value is -1.69. The van der Waals surface area contributed by atoms with Gasteiger partial charge in [0.2, 0.25) is 0 Å². The highest BCUT2D eigenvalue weighted by molar-refractivity contribution is 5.44. The van der Waals surface area contributed by atoms with Gasteiger partial charge in [0.05, 0.1) is 0 Å².